The summed E-state index contributed by atoms with van der Waals surface area (Å²) in [6.45, 7) is 1.70. The van der Waals surface area contributed by atoms with E-state index in [4.69, 9.17) is 11.6 Å². The van der Waals surface area contributed by atoms with Crippen molar-refractivity contribution >= 4 is 23.4 Å². The lowest BCUT2D eigenvalue weighted by Crippen LogP contribution is -2.51. The summed E-state index contributed by atoms with van der Waals surface area (Å²) in [6.07, 6.45) is 4.61. The van der Waals surface area contributed by atoms with Gasteiger partial charge in [-0.05, 0) is 36.1 Å². The van der Waals surface area contributed by atoms with Gasteiger partial charge in [-0.25, -0.2) is 4.39 Å². The molecule has 1 saturated carbocycles. The maximum Gasteiger partial charge on any atom is 0.257 e. The minimum Gasteiger partial charge on any atom is -0.339 e. The van der Waals surface area contributed by atoms with Gasteiger partial charge in [0.1, 0.15) is 5.82 Å². The predicted molar refractivity (Wildman–Crippen MR) is 97.9 cm³/mol. The molecule has 2 heterocycles. The molecule has 2 atom stereocenters. The molecule has 2 fully saturated rings. The second kappa shape index (κ2) is 6.96. The Balaban J connectivity index is 1.34. The third-order valence-corrected chi connectivity index (χ3v) is 5.53. The van der Waals surface area contributed by atoms with Crippen molar-refractivity contribution in [1.29, 1.82) is 0 Å². The average Bonchev–Trinajstić information content (AvgIpc) is 3.36. The number of benzene rings is 1. The molecule has 1 aromatic carbocycles. The van der Waals surface area contributed by atoms with Crippen LogP contribution in [0.2, 0.25) is 5.02 Å². The lowest BCUT2D eigenvalue weighted by Gasteiger charge is -2.35. The Kier molecular flexibility index (Phi) is 4.63. The van der Waals surface area contributed by atoms with Crippen LogP contribution in [0.3, 0.4) is 0 Å². The average molecular weight is 391 g/mol. The molecule has 27 heavy (non-hydrogen) atoms. The molecule has 4 rings (SSSR count). The van der Waals surface area contributed by atoms with Crippen LogP contribution < -0.4 is 0 Å². The van der Waals surface area contributed by atoms with E-state index in [-0.39, 0.29) is 29.2 Å². The molecular formula is C19H20ClFN4O2. The fraction of sp³-hybridized carbons (Fsp3) is 0.421. The summed E-state index contributed by atoms with van der Waals surface area (Å²) < 4.78 is 15.7. The number of nitrogens with zero attached hydrogens (tertiary/aromatic N) is 4. The van der Waals surface area contributed by atoms with Crippen LogP contribution in [0, 0.1) is 11.7 Å². The van der Waals surface area contributed by atoms with Gasteiger partial charge in [0, 0.05) is 50.4 Å². The highest BCUT2D eigenvalue weighted by molar-refractivity contribution is 6.31. The van der Waals surface area contributed by atoms with Crippen molar-refractivity contribution in [2.75, 3.05) is 26.2 Å². The number of aromatic nitrogens is 2. The fourth-order valence-electron chi connectivity index (χ4n) is 3.66. The number of hydrogen-bond donors (Lipinski definition) is 0. The van der Waals surface area contributed by atoms with Crippen molar-refractivity contribution in [2.45, 2.75) is 12.3 Å². The zero-order valence-electron chi connectivity index (χ0n) is 14.9. The molecule has 142 valence electrons. The van der Waals surface area contributed by atoms with Gasteiger partial charge < -0.3 is 9.80 Å². The molecule has 8 heteroatoms. The van der Waals surface area contributed by atoms with Crippen molar-refractivity contribution in [3.8, 4) is 0 Å². The second-order valence-corrected chi connectivity index (χ2v) is 7.57. The summed E-state index contributed by atoms with van der Waals surface area (Å²) in [5.41, 5.74) is 1.07. The molecule has 0 bridgehead atoms. The van der Waals surface area contributed by atoms with E-state index in [9.17, 15) is 14.0 Å². The highest BCUT2D eigenvalue weighted by Crippen LogP contribution is 2.48. The molecule has 2 amide bonds. The number of hydrogen-bond acceptors (Lipinski definition) is 3. The van der Waals surface area contributed by atoms with Gasteiger partial charge in [-0.15, -0.1) is 0 Å². The number of halogens is 2. The molecule has 2 aromatic rings. The van der Waals surface area contributed by atoms with E-state index in [1.54, 1.807) is 14.5 Å². The number of aryl methyl sites for hydroxylation is 1. The molecule has 6 nitrogen and oxygen atoms in total. The van der Waals surface area contributed by atoms with Crippen LogP contribution in [0.25, 0.3) is 0 Å². The summed E-state index contributed by atoms with van der Waals surface area (Å²) >= 11 is 5.88. The number of carbonyl (C=O) groups excluding carboxylic acids is 2. The molecule has 1 saturated heterocycles. The Bertz CT molecular complexity index is 892. The molecule has 1 aromatic heterocycles. The number of piperazine rings is 1. The third kappa shape index (κ3) is 3.56. The fourth-order valence-corrected chi connectivity index (χ4v) is 3.84. The molecule has 0 spiro atoms. The normalized spacial score (nSPS) is 22.0. The van der Waals surface area contributed by atoms with Crippen molar-refractivity contribution in [3.63, 3.8) is 0 Å². The molecule has 0 N–H and O–H groups in total. The Morgan fingerprint density at radius 3 is 2.56 bits per heavy atom. The predicted octanol–water partition coefficient (Wildman–Crippen LogP) is 2.30. The first-order valence-corrected chi connectivity index (χ1v) is 9.33. The minimum absolute atomic E-state index is 0.00169. The SMILES string of the molecule is Cn1cc(C2CC2C(=O)N2CCN(C(=O)c3cc(Cl)ccc3F)CC2)cn1. The van der Waals surface area contributed by atoms with Gasteiger partial charge in [0.2, 0.25) is 5.91 Å². The zero-order chi connectivity index (χ0) is 19.1. The van der Waals surface area contributed by atoms with Gasteiger partial charge in [0.05, 0.1) is 11.8 Å². The van der Waals surface area contributed by atoms with Gasteiger partial charge in [0.25, 0.3) is 5.91 Å². The van der Waals surface area contributed by atoms with E-state index in [0.29, 0.717) is 31.2 Å². The van der Waals surface area contributed by atoms with E-state index in [0.717, 1.165) is 12.0 Å². The smallest absolute Gasteiger partial charge is 0.257 e. The van der Waals surface area contributed by atoms with E-state index in [1.165, 1.54) is 18.2 Å². The monoisotopic (exact) mass is 390 g/mol. The van der Waals surface area contributed by atoms with Crippen LogP contribution in [0.4, 0.5) is 4.39 Å². The maximum atomic E-state index is 13.9. The molecule has 2 aliphatic rings. The van der Waals surface area contributed by atoms with E-state index in [2.05, 4.69) is 5.10 Å². The van der Waals surface area contributed by atoms with Crippen LogP contribution in [-0.2, 0) is 11.8 Å². The van der Waals surface area contributed by atoms with E-state index < -0.39 is 5.82 Å². The molecule has 0 radical (unpaired) electrons. The highest BCUT2D eigenvalue weighted by Gasteiger charge is 2.46. The second-order valence-electron chi connectivity index (χ2n) is 7.14. The molecule has 1 aliphatic heterocycles. The quantitative estimate of drug-likeness (QED) is 0.808. The first kappa shape index (κ1) is 18.0. The van der Waals surface area contributed by atoms with Crippen LogP contribution in [0.5, 0.6) is 0 Å². The Morgan fingerprint density at radius 2 is 1.89 bits per heavy atom. The lowest BCUT2D eigenvalue weighted by atomic mass is 10.1. The van der Waals surface area contributed by atoms with Crippen LogP contribution in [0.1, 0.15) is 28.3 Å². The minimum atomic E-state index is -0.583. The van der Waals surface area contributed by atoms with Crippen LogP contribution in [-0.4, -0.2) is 57.6 Å². The van der Waals surface area contributed by atoms with Gasteiger partial charge in [0.15, 0.2) is 0 Å². The first-order chi connectivity index (χ1) is 12.9. The Labute approximate surface area is 161 Å². The van der Waals surface area contributed by atoms with Crippen molar-refractivity contribution in [2.24, 2.45) is 13.0 Å². The number of rotatable bonds is 3. The van der Waals surface area contributed by atoms with Gasteiger partial charge in [-0.2, -0.15) is 5.10 Å². The number of amides is 2. The Morgan fingerprint density at radius 1 is 1.19 bits per heavy atom. The summed E-state index contributed by atoms with van der Waals surface area (Å²) in [6, 6.07) is 3.96. The standard InChI is InChI=1S/C19H20ClFN4O2/c1-23-11-12(10-22-23)14-9-15(14)18(26)24-4-6-25(7-5-24)19(27)16-8-13(20)2-3-17(16)21/h2-3,8,10-11,14-15H,4-7,9H2,1H3. The zero-order valence-corrected chi connectivity index (χ0v) is 15.7. The van der Waals surface area contributed by atoms with Crippen LogP contribution in [0.15, 0.2) is 30.6 Å². The third-order valence-electron chi connectivity index (χ3n) is 5.30. The summed E-state index contributed by atoms with van der Waals surface area (Å²) in [4.78, 5) is 28.6. The van der Waals surface area contributed by atoms with Gasteiger partial charge in [-0.1, -0.05) is 11.6 Å². The summed E-state index contributed by atoms with van der Waals surface area (Å²) in [5, 5.41) is 4.49. The molecule has 1 aliphatic carbocycles. The molecular weight excluding hydrogens is 371 g/mol. The van der Waals surface area contributed by atoms with Crippen molar-refractivity contribution in [1.82, 2.24) is 19.6 Å². The number of carbonyl (C=O) groups is 2. The lowest BCUT2D eigenvalue weighted by molar-refractivity contribution is -0.134. The van der Waals surface area contributed by atoms with Crippen molar-refractivity contribution in [3.05, 3.63) is 52.6 Å². The first-order valence-electron chi connectivity index (χ1n) is 8.95. The van der Waals surface area contributed by atoms with Gasteiger partial charge in [-0.3, -0.25) is 14.3 Å². The van der Waals surface area contributed by atoms with E-state index in [1.807, 2.05) is 19.4 Å². The topological polar surface area (TPSA) is 58.4 Å². The van der Waals surface area contributed by atoms with Crippen LogP contribution >= 0.6 is 11.6 Å². The molecule has 2 unspecified atom stereocenters. The van der Waals surface area contributed by atoms with Gasteiger partial charge >= 0.3 is 0 Å². The highest BCUT2D eigenvalue weighted by atomic mass is 35.5. The summed E-state index contributed by atoms with van der Waals surface area (Å²) in [7, 11) is 1.86. The maximum absolute atomic E-state index is 13.9. The summed E-state index contributed by atoms with van der Waals surface area (Å²) in [5.74, 6) is -0.597. The Hall–Kier alpha value is -2.41. The van der Waals surface area contributed by atoms with E-state index >= 15 is 0 Å². The van der Waals surface area contributed by atoms with Crippen molar-refractivity contribution < 1.29 is 14.0 Å². The largest absolute Gasteiger partial charge is 0.339 e.